The molecular formula is C19H29N5O3. The third-order valence-electron chi connectivity index (χ3n) is 5.57. The highest BCUT2D eigenvalue weighted by Gasteiger charge is 2.47. The van der Waals surface area contributed by atoms with E-state index in [4.69, 9.17) is 9.47 Å². The quantitative estimate of drug-likeness (QED) is 0.729. The summed E-state index contributed by atoms with van der Waals surface area (Å²) >= 11 is 0. The van der Waals surface area contributed by atoms with Crippen molar-refractivity contribution in [2.24, 2.45) is 0 Å². The average molecular weight is 375 g/mol. The van der Waals surface area contributed by atoms with E-state index in [2.05, 4.69) is 19.8 Å². The summed E-state index contributed by atoms with van der Waals surface area (Å²) < 4.78 is 11.0. The van der Waals surface area contributed by atoms with Crippen LogP contribution >= 0.6 is 0 Å². The molecule has 0 aliphatic carbocycles. The standard InChI is InChI=1S/C19H29N5O3/c1-14-10-15(2)21-18(20-14)13-23-11-16-17(12-23)27-19(25)24(16)5-3-4-22-6-8-26-9-7-22/h10,16-17H,3-9,11-13H2,1-2H3/t16-,17+/m1/s1. The molecule has 3 aliphatic rings. The highest BCUT2D eigenvalue weighted by atomic mass is 16.6. The van der Waals surface area contributed by atoms with E-state index in [9.17, 15) is 4.79 Å². The molecule has 1 aromatic rings. The minimum atomic E-state index is -0.158. The maximum absolute atomic E-state index is 12.3. The van der Waals surface area contributed by atoms with Crippen molar-refractivity contribution in [1.82, 2.24) is 24.7 Å². The second-order valence-corrected chi connectivity index (χ2v) is 7.75. The van der Waals surface area contributed by atoms with Gasteiger partial charge in [0.2, 0.25) is 0 Å². The van der Waals surface area contributed by atoms with Gasteiger partial charge in [-0.3, -0.25) is 9.80 Å². The van der Waals surface area contributed by atoms with Gasteiger partial charge in [-0.15, -0.1) is 0 Å². The number of likely N-dealkylation sites (tertiary alicyclic amines) is 1. The van der Waals surface area contributed by atoms with Crippen LogP contribution in [-0.4, -0.2) is 95.4 Å². The molecule has 1 amide bonds. The summed E-state index contributed by atoms with van der Waals surface area (Å²) in [6, 6.07) is 2.13. The molecule has 0 spiro atoms. The van der Waals surface area contributed by atoms with Crippen molar-refractivity contribution in [3.05, 3.63) is 23.3 Å². The van der Waals surface area contributed by atoms with Crippen LogP contribution in [0.15, 0.2) is 6.07 Å². The van der Waals surface area contributed by atoms with E-state index in [1.54, 1.807) is 0 Å². The molecular weight excluding hydrogens is 346 g/mol. The van der Waals surface area contributed by atoms with Crippen molar-refractivity contribution in [2.75, 3.05) is 52.5 Å². The monoisotopic (exact) mass is 375 g/mol. The SMILES string of the molecule is Cc1cc(C)nc(CN2C[C@@H]3OC(=O)N(CCCN4CCOCC4)[C@@H]3C2)n1. The molecule has 0 aromatic carbocycles. The van der Waals surface area contributed by atoms with Crippen LogP contribution in [0.3, 0.4) is 0 Å². The van der Waals surface area contributed by atoms with Crippen LogP contribution in [0, 0.1) is 13.8 Å². The largest absolute Gasteiger partial charge is 0.442 e. The van der Waals surface area contributed by atoms with Crippen LogP contribution in [0.1, 0.15) is 23.6 Å². The number of hydrogen-bond acceptors (Lipinski definition) is 7. The lowest BCUT2D eigenvalue weighted by Crippen LogP contribution is -2.41. The molecule has 0 saturated carbocycles. The molecule has 3 saturated heterocycles. The number of hydrogen-bond donors (Lipinski definition) is 0. The first-order valence-electron chi connectivity index (χ1n) is 9.89. The maximum Gasteiger partial charge on any atom is 0.410 e. The fourth-order valence-corrected chi connectivity index (χ4v) is 4.33. The van der Waals surface area contributed by atoms with Crippen LogP contribution in [0.5, 0.6) is 0 Å². The van der Waals surface area contributed by atoms with E-state index in [-0.39, 0.29) is 18.2 Å². The third kappa shape index (κ3) is 4.39. The Morgan fingerprint density at radius 1 is 1.07 bits per heavy atom. The Morgan fingerprint density at radius 3 is 2.56 bits per heavy atom. The zero-order valence-electron chi connectivity index (χ0n) is 16.3. The van der Waals surface area contributed by atoms with Gasteiger partial charge < -0.3 is 14.4 Å². The summed E-state index contributed by atoms with van der Waals surface area (Å²) in [5.41, 5.74) is 1.99. The molecule has 0 N–H and O–H groups in total. The molecule has 27 heavy (non-hydrogen) atoms. The number of rotatable bonds is 6. The molecule has 1 aromatic heterocycles. The van der Waals surface area contributed by atoms with Gasteiger partial charge in [-0.05, 0) is 26.3 Å². The Bertz CT molecular complexity index is 659. The van der Waals surface area contributed by atoms with E-state index in [1.165, 1.54) is 0 Å². The van der Waals surface area contributed by atoms with E-state index in [1.807, 2.05) is 24.8 Å². The number of aryl methyl sites for hydroxylation is 2. The molecule has 8 heteroatoms. The van der Waals surface area contributed by atoms with Gasteiger partial charge in [0.1, 0.15) is 11.9 Å². The van der Waals surface area contributed by atoms with Crippen LogP contribution in [0.2, 0.25) is 0 Å². The van der Waals surface area contributed by atoms with Gasteiger partial charge in [0.25, 0.3) is 0 Å². The summed E-state index contributed by atoms with van der Waals surface area (Å²) in [4.78, 5) is 27.9. The number of amides is 1. The summed E-state index contributed by atoms with van der Waals surface area (Å²) in [6.45, 7) is 11.6. The van der Waals surface area contributed by atoms with Crippen molar-refractivity contribution in [2.45, 2.75) is 39.0 Å². The Morgan fingerprint density at radius 2 is 1.81 bits per heavy atom. The van der Waals surface area contributed by atoms with Crippen molar-refractivity contribution >= 4 is 6.09 Å². The van der Waals surface area contributed by atoms with Crippen LogP contribution < -0.4 is 0 Å². The Kier molecular flexibility index (Phi) is 5.56. The highest BCUT2D eigenvalue weighted by molar-refractivity contribution is 5.71. The number of carbonyl (C=O) groups is 1. The van der Waals surface area contributed by atoms with Gasteiger partial charge in [-0.25, -0.2) is 14.8 Å². The fraction of sp³-hybridized carbons (Fsp3) is 0.737. The number of morpholine rings is 1. The summed E-state index contributed by atoms with van der Waals surface area (Å²) in [5.74, 6) is 0.845. The van der Waals surface area contributed by atoms with Gasteiger partial charge in [-0.1, -0.05) is 0 Å². The number of carbonyl (C=O) groups excluding carboxylic acids is 1. The van der Waals surface area contributed by atoms with E-state index in [0.717, 1.165) is 76.1 Å². The van der Waals surface area contributed by atoms with Crippen molar-refractivity contribution in [3.8, 4) is 0 Å². The number of nitrogens with zero attached hydrogens (tertiary/aromatic N) is 5. The van der Waals surface area contributed by atoms with Gasteiger partial charge >= 0.3 is 6.09 Å². The highest BCUT2D eigenvalue weighted by Crippen LogP contribution is 2.27. The van der Waals surface area contributed by atoms with Crippen LogP contribution in [0.4, 0.5) is 4.79 Å². The van der Waals surface area contributed by atoms with Crippen LogP contribution in [0.25, 0.3) is 0 Å². The predicted molar refractivity (Wildman–Crippen MR) is 99.4 cm³/mol. The van der Waals surface area contributed by atoms with Crippen molar-refractivity contribution in [1.29, 1.82) is 0 Å². The zero-order valence-corrected chi connectivity index (χ0v) is 16.3. The summed E-state index contributed by atoms with van der Waals surface area (Å²) in [5, 5.41) is 0. The van der Waals surface area contributed by atoms with Crippen LogP contribution in [-0.2, 0) is 16.0 Å². The lowest BCUT2D eigenvalue weighted by Gasteiger charge is -2.28. The van der Waals surface area contributed by atoms with Crippen molar-refractivity contribution in [3.63, 3.8) is 0 Å². The molecule has 3 aliphatic heterocycles. The van der Waals surface area contributed by atoms with Gasteiger partial charge in [0.15, 0.2) is 0 Å². The number of ether oxygens (including phenoxy) is 2. The average Bonchev–Trinajstić information content (AvgIpc) is 3.12. The molecule has 0 bridgehead atoms. The van der Waals surface area contributed by atoms with Gasteiger partial charge in [0, 0.05) is 50.7 Å². The van der Waals surface area contributed by atoms with Gasteiger partial charge in [0.05, 0.1) is 25.8 Å². The lowest BCUT2D eigenvalue weighted by atomic mass is 10.2. The second kappa shape index (κ2) is 8.08. The molecule has 148 valence electrons. The smallest absolute Gasteiger partial charge is 0.410 e. The Hall–Kier alpha value is -1.77. The molecule has 0 radical (unpaired) electrons. The minimum absolute atomic E-state index is 0.0354. The maximum atomic E-state index is 12.3. The first-order valence-corrected chi connectivity index (χ1v) is 9.89. The molecule has 4 rings (SSSR count). The fourth-order valence-electron chi connectivity index (χ4n) is 4.33. The zero-order chi connectivity index (χ0) is 18.8. The van der Waals surface area contributed by atoms with Crippen molar-refractivity contribution < 1.29 is 14.3 Å². The van der Waals surface area contributed by atoms with E-state index in [0.29, 0.717) is 6.54 Å². The van der Waals surface area contributed by atoms with Gasteiger partial charge in [-0.2, -0.15) is 0 Å². The molecule has 3 fully saturated rings. The van der Waals surface area contributed by atoms with E-state index < -0.39 is 0 Å². The normalized spacial score (nSPS) is 26.4. The molecule has 2 atom stereocenters. The minimum Gasteiger partial charge on any atom is -0.442 e. The lowest BCUT2D eigenvalue weighted by molar-refractivity contribution is 0.0362. The third-order valence-corrected chi connectivity index (χ3v) is 5.57. The predicted octanol–water partition coefficient (Wildman–Crippen LogP) is 0.821. The Balaban J connectivity index is 1.29. The first-order chi connectivity index (χ1) is 13.1. The molecule has 4 heterocycles. The summed E-state index contributed by atoms with van der Waals surface area (Å²) in [6.07, 6.45) is 0.777. The second-order valence-electron chi connectivity index (χ2n) is 7.75. The molecule has 8 nitrogen and oxygen atoms in total. The summed E-state index contributed by atoms with van der Waals surface area (Å²) in [7, 11) is 0. The number of aromatic nitrogens is 2. The molecule has 0 unspecified atom stereocenters. The first kappa shape index (κ1) is 18.6. The number of fused-ring (bicyclic) bond motifs is 1. The van der Waals surface area contributed by atoms with E-state index >= 15 is 0 Å². The Labute approximate surface area is 160 Å². The topological polar surface area (TPSA) is 71.0 Å².